The van der Waals surface area contributed by atoms with Crippen LogP contribution < -0.4 is 10.7 Å². The minimum atomic E-state index is -1.33. The maximum Gasteiger partial charge on any atom is 0.274 e. The first-order valence-corrected chi connectivity index (χ1v) is 9.41. The molecule has 0 radical (unpaired) electrons. The van der Waals surface area contributed by atoms with E-state index in [1.165, 1.54) is 4.90 Å². The molecule has 30 heavy (non-hydrogen) atoms. The van der Waals surface area contributed by atoms with E-state index in [4.69, 9.17) is 0 Å². The van der Waals surface area contributed by atoms with Crippen molar-refractivity contribution in [2.24, 2.45) is 0 Å². The first-order valence-electron chi connectivity index (χ1n) is 9.41. The highest BCUT2D eigenvalue weighted by Gasteiger charge is 2.40. The van der Waals surface area contributed by atoms with Gasteiger partial charge < -0.3 is 19.9 Å². The lowest BCUT2D eigenvalue weighted by molar-refractivity contribution is 0.0645. The summed E-state index contributed by atoms with van der Waals surface area (Å²) in [6.45, 7) is 0.0424. The molecule has 2 N–H and O–H groups in total. The summed E-state index contributed by atoms with van der Waals surface area (Å²) in [5.74, 6) is -4.11. The Morgan fingerprint density at radius 1 is 1.27 bits per heavy atom. The van der Waals surface area contributed by atoms with Crippen molar-refractivity contribution in [1.29, 1.82) is 0 Å². The number of alkyl halides is 1. The molecule has 0 saturated carbocycles. The molecule has 2 aromatic rings. The number of benzene rings is 1. The maximum absolute atomic E-state index is 14.6. The Labute approximate surface area is 168 Å². The van der Waals surface area contributed by atoms with E-state index < -0.39 is 52.4 Å². The molecule has 1 aromatic carbocycles. The molecule has 3 heterocycles. The van der Waals surface area contributed by atoms with Crippen molar-refractivity contribution < 1.29 is 27.9 Å². The van der Waals surface area contributed by atoms with Crippen molar-refractivity contribution in [3.8, 4) is 5.75 Å². The molecule has 2 bridgehead atoms. The normalized spacial score (nSPS) is 20.5. The number of aromatic hydroxyl groups is 1. The Morgan fingerprint density at radius 2 is 2.03 bits per heavy atom. The Hall–Kier alpha value is -3.30. The molecule has 0 aliphatic carbocycles. The summed E-state index contributed by atoms with van der Waals surface area (Å²) in [4.78, 5) is 39.1. The molecule has 4 rings (SSSR count). The van der Waals surface area contributed by atoms with Gasteiger partial charge in [-0.3, -0.25) is 14.4 Å². The van der Waals surface area contributed by atoms with Crippen molar-refractivity contribution in [1.82, 2.24) is 14.8 Å². The number of halogens is 3. The van der Waals surface area contributed by atoms with Gasteiger partial charge in [-0.2, -0.15) is 0 Å². The Morgan fingerprint density at radius 3 is 2.77 bits per heavy atom. The van der Waals surface area contributed by atoms with Gasteiger partial charge >= 0.3 is 0 Å². The van der Waals surface area contributed by atoms with E-state index in [2.05, 4.69) is 5.32 Å². The summed E-state index contributed by atoms with van der Waals surface area (Å²) in [6.07, 6.45) is 0.380. The number of carbonyl (C=O) groups excluding carboxylic acids is 2. The highest BCUT2D eigenvalue weighted by molar-refractivity contribution is 5.99. The highest BCUT2D eigenvalue weighted by Crippen LogP contribution is 2.33. The van der Waals surface area contributed by atoms with E-state index in [0.29, 0.717) is 19.0 Å². The fraction of sp³-hybridized carbons (Fsp3) is 0.350. The summed E-state index contributed by atoms with van der Waals surface area (Å²) in [5, 5.41) is 12.7. The van der Waals surface area contributed by atoms with E-state index in [0.717, 1.165) is 22.9 Å². The molecule has 7 nitrogen and oxygen atoms in total. The van der Waals surface area contributed by atoms with Gasteiger partial charge in [0.05, 0.1) is 6.04 Å². The molecule has 1 unspecified atom stereocenters. The lowest BCUT2D eigenvalue weighted by atomic mass is 10.0. The third-order valence-corrected chi connectivity index (χ3v) is 5.49. The topological polar surface area (TPSA) is 91.6 Å². The minimum absolute atomic E-state index is 0.00885. The predicted molar refractivity (Wildman–Crippen MR) is 99.0 cm³/mol. The average Bonchev–Trinajstić information content (AvgIpc) is 2.87. The van der Waals surface area contributed by atoms with Gasteiger partial charge in [0, 0.05) is 37.5 Å². The number of rotatable bonds is 3. The summed E-state index contributed by atoms with van der Waals surface area (Å²) in [6, 6.07) is 1.99. The van der Waals surface area contributed by atoms with Crippen LogP contribution in [0.4, 0.5) is 13.2 Å². The van der Waals surface area contributed by atoms with E-state index in [-0.39, 0.29) is 30.8 Å². The van der Waals surface area contributed by atoms with Crippen molar-refractivity contribution in [2.75, 3.05) is 13.1 Å². The zero-order valence-corrected chi connectivity index (χ0v) is 15.7. The van der Waals surface area contributed by atoms with Gasteiger partial charge in [-0.1, -0.05) is 6.07 Å². The van der Waals surface area contributed by atoms with E-state index in [9.17, 15) is 32.7 Å². The second-order valence-electron chi connectivity index (χ2n) is 7.37. The first-order chi connectivity index (χ1) is 14.3. The van der Waals surface area contributed by atoms with Gasteiger partial charge in [-0.25, -0.2) is 13.2 Å². The summed E-state index contributed by atoms with van der Waals surface area (Å²) in [5.41, 5.74) is -1.94. The molecule has 1 aromatic heterocycles. The Kier molecular flexibility index (Phi) is 5.00. The summed E-state index contributed by atoms with van der Waals surface area (Å²) in [7, 11) is 0. The van der Waals surface area contributed by atoms with Crippen molar-refractivity contribution >= 4 is 11.8 Å². The number of nitrogens with one attached hydrogen (secondary N) is 1. The lowest BCUT2D eigenvalue weighted by Gasteiger charge is -2.35. The van der Waals surface area contributed by atoms with Crippen LogP contribution in [0.25, 0.3) is 0 Å². The number of pyridine rings is 1. The van der Waals surface area contributed by atoms with Crippen LogP contribution in [0.3, 0.4) is 0 Å². The van der Waals surface area contributed by atoms with Gasteiger partial charge in [-0.05, 0) is 18.9 Å². The summed E-state index contributed by atoms with van der Waals surface area (Å²) < 4.78 is 42.6. The van der Waals surface area contributed by atoms with Gasteiger partial charge in [0.15, 0.2) is 11.4 Å². The summed E-state index contributed by atoms with van der Waals surface area (Å²) >= 11 is 0. The third-order valence-electron chi connectivity index (χ3n) is 5.49. The number of aromatic nitrogens is 1. The average molecular weight is 421 g/mol. The molecule has 1 saturated heterocycles. The number of hydrogen-bond donors (Lipinski definition) is 2. The van der Waals surface area contributed by atoms with Crippen molar-refractivity contribution in [2.45, 2.75) is 31.6 Å². The van der Waals surface area contributed by atoms with Crippen molar-refractivity contribution in [3.05, 3.63) is 63.1 Å². The van der Waals surface area contributed by atoms with Crippen molar-refractivity contribution in [3.63, 3.8) is 0 Å². The minimum Gasteiger partial charge on any atom is -0.503 e. The standard InChI is InChI=1S/C20H18F3N3O4/c21-11-4-3-10(14(23)6-11)7-24-19(29)12-8-26-15-9-25(5-1-2-13(15)22)20(30)16(26)18(28)17(12)27/h3-4,6,8,13,15,28H,1-2,5,7,9H2,(H,24,29)/t13?,15-/m0/s1. The fourth-order valence-electron chi connectivity index (χ4n) is 3.89. The molecule has 2 aliphatic rings. The Balaban J connectivity index is 1.68. The number of amides is 2. The smallest absolute Gasteiger partial charge is 0.274 e. The Bertz CT molecular complexity index is 1100. The van der Waals surface area contributed by atoms with E-state index in [1.54, 1.807) is 0 Å². The first kappa shape index (κ1) is 20.0. The fourth-order valence-corrected chi connectivity index (χ4v) is 3.89. The van der Waals surface area contributed by atoms with Crippen LogP contribution in [0.15, 0.2) is 29.2 Å². The number of hydrogen-bond acceptors (Lipinski definition) is 4. The van der Waals surface area contributed by atoms with Crippen LogP contribution in [0.5, 0.6) is 5.75 Å². The van der Waals surface area contributed by atoms with Gasteiger partial charge in [0.25, 0.3) is 11.8 Å². The molecule has 2 amide bonds. The van der Waals surface area contributed by atoms with E-state index in [1.807, 2.05) is 0 Å². The molecular weight excluding hydrogens is 403 g/mol. The molecule has 2 atom stereocenters. The van der Waals surface area contributed by atoms with Gasteiger partial charge in [0.1, 0.15) is 23.4 Å². The largest absolute Gasteiger partial charge is 0.503 e. The van der Waals surface area contributed by atoms with Crippen LogP contribution in [0.1, 0.15) is 45.3 Å². The highest BCUT2D eigenvalue weighted by atomic mass is 19.1. The van der Waals surface area contributed by atoms with Crippen LogP contribution >= 0.6 is 0 Å². The molecular formula is C20H18F3N3O4. The van der Waals surface area contributed by atoms with Crippen LogP contribution in [0.2, 0.25) is 0 Å². The number of nitrogens with zero attached hydrogens (tertiary/aromatic N) is 2. The SMILES string of the molecule is O=C(NCc1ccc(F)cc1F)c1cn2c(c(O)c1=O)C(=O)N1CCCC(F)[C@@H]2C1. The molecule has 1 fully saturated rings. The van der Waals surface area contributed by atoms with Crippen LogP contribution in [-0.4, -0.2) is 45.6 Å². The van der Waals surface area contributed by atoms with E-state index >= 15 is 0 Å². The van der Waals surface area contributed by atoms with Crippen LogP contribution in [0, 0.1) is 11.6 Å². The lowest BCUT2D eigenvalue weighted by Crippen LogP contribution is -2.46. The molecule has 0 spiro atoms. The number of carbonyl (C=O) groups is 2. The molecule has 2 aliphatic heterocycles. The second kappa shape index (κ2) is 7.51. The monoisotopic (exact) mass is 421 g/mol. The third kappa shape index (κ3) is 3.31. The van der Waals surface area contributed by atoms with Crippen LogP contribution in [-0.2, 0) is 6.54 Å². The number of fused-ring (bicyclic) bond motifs is 4. The zero-order valence-electron chi connectivity index (χ0n) is 15.7. The molecule has 10 heteroatoms. The maximum atomic E-state index is 14.6. The predicted octanol–water partition coefficient (Wildman–Crippen LogP) is 1.89. The van der Waals surface area contributed by atoms with Gasteiger partial charge in [0.2, 0.25) is 5.43 Å². The molecule has 158 valence electrons. The van der Waals surface area contributed by atoms with Gasteiger partial charge in [-0.15, -0.1) is 0 Å². The second-order valence-corrected chi connectivity index (χ2v) is 7.37. The zero-order chi connectivity index (χ0) is 21.6. The quantitative estimate of drug-likeness (QED) is 0.792.